The van der Waals surface area contributed by atoms with Gasteiger partial charge in [0.2, 0.25) is 0 Å². The number of guanidine groups is 1. The normalized spacial score (nSPS) is 20.8. The minimum absolute atomic E-state index is 0. The Hall–Kier alpha value is 0.0500. The standard InChI is InChI=1S/C15H20BrN3S.HI/c16-13-4-2-1-3-12(13)15(5-6-15)11-18-14(17)19-7-9-20-10-8-19;/h1-4H,5-11H2,(H2,17,18);1H. The summed E-state index contributed by atoms with van der Waals surface area (Å²) in [6.07, 6.45) is 2.42. The smallest absolute Gasteiger partial charge is 0.191 e. The summed E-state index contributed by atoms with van der Waals surface area (Å²) in [5.74, 6) is 3.04. The molecule has 1 heterocycles. The van der Waals surface area contributed by atoms with E-state index in [1.807, 2.05) is 11.8 Å². The van der Waals surface area contributed by atoms with Crippen molar-refractivity contribution in [3.63, 3.8) is 0 Å². The van der Waals surface area contributed by atoms with Gasteiger partial charge in [-0.15, -0.1) is 24.0 Å². The Kier molecular flexibility index (Phi) is 6.25. The number of hydrogen-bond donors (Lipinski definition) is 1. The van der Waals surface area contributed by atoms with E-state index < -0.39 is 0 Å². The lowest BCUT2D eigenvalue weighted by Gasteiger charge is -2.27. The van der Waals surface area contributed by atoms with Crippen molar-refractivity contribution in [1.29, 1.82) is 0 Å². The van der Waals surface area contributed by atoms with Crippen molar-refractivity contribution in [2.24, 2.45) is 10.7 Å². The van der Waals surface area contributed by atoms with Crippen LogP contribution in [-0.2, 0) is 5.41 Å². The molecule has 6 heteroatoms. The van der Waals surface area contributed by atoms with Crippen LogP contribution in [-0.4, -0.2) is 42.0 Å². The molecule has 0 unspecified atom stereocenters. The SMILES string of the molecule is I.NC(=NCC1(c2ccccc2Br)CC1)N1CCSCC1. The van der Waals surface area contributed by atoms with Crippen molar-refractivity contribution in [1.82, 2.24) is 4.90 Å². The van der Waals surface area contributed by atoms with E-state index in [2.05, 4.69) is 50.1 Å². The van der Waals surface area contributed by atoms with Crippen LogP contribution in [0.15, 0.2) is 33.7 Å². The van der Waals surface area contributed by atoms with Crippen molar-refractivity contribution < 1.29 is 0 Å². The van der Waals surface area contributed by atoms with Crippen LogP contribution < -0.4 is 5.73 Å². The fourth-order valence-electron chi connectivity index (χ4n) is 2.68. The Morgan fingerprint density at radius 3 is 2.57 bits per heavy atom. The molecule has 0 spiro atoms. The number of benzene rings is 1. The highest BCUT2D eigenvalue weighted by atomic mass is 127. The quantitative estimate of drug-likeness (QED) is 0.408. The summed E-state index contributed by atoms with van der Waals surface area (Å²) in [5.41, 5.74) is 7.75. The number of halogens is 2. The van der Waals surface area contributed by atoms with Gasteiger partial charge >= 0.3 is 0 Å². The molecule has 2 aliphatic rings. The molecule has 2 N–H and O–H groups in total. The molecule has 116 valence electrons. The summed E-state index contributed by atoms with van der Waals surface area (Å²) < 4.78 is 1.20. The maximum Gasteiger partial charge on any atom is 0.191 e. The van der Waals surface area contributed by atoms with Crippen LogP contribution in [0.1, 0.15) is 18.4 Å². The van der Waals surface area contributed by atoms with Crippen molar-refractivity contribution >= 4 is 57.6 Å². The molecule has 0 atom stereocenters. The summed E-state index contributed by atoms with van der Waals surface area (Å²) in [4.78, 5) is 6.90. The molecule has 21 heavy (non-hydrogen) atoms. The maximum atomic E-state index is 6.15. The van der Waals surface area contributed by atoms with E-state index in [9.17, 15) is 0 Å². The van der Waals surface area contributed by atoms with Crippen LogP contribution in [0.4, 0.5) is 0 Å². The minimum atomic E-state index is 0. The van der Waals surface area contributed by atoms with E-state index in [0.717, 1.165) is 37.1 Å². The highest BCUT2D eigenvalue weighted by Crippen LogP contribution is 2.50. The molecule has 1 aromatic carbocycles. The van der Waals surface area contributed by atoms with Crippen LogP contribution in [0.5, 0.6) is 0 Å². The van der Waals surface area contributed by atoms with Gasteiger partial charge in [0.15, 0.2) is 5.96 Å². The van der Waals surface area contributed by atoms with E-state index in [1.165, 1.54) is 22.9 Å². The molecule has 1 saturated heterocycles. The lowest BCUT2D eigenvalue weighted by molar-refractivity contribution is 0.454. The van der Waals surface area contributed by atoms with E-state index >= 15 is 0 Å². The lowest BCUT2D eigenvalue weighted by Crippen LogP contribution is -2.43. The van der Waals surface area contributed by atoms with Gasteiger partial charge in [0, 0.05) is 34.5 Å². The largest absolute Gasteiger partial charge is 0.370 e. The molecule has 1 aliphatic carbocycles. The summed E-state index contributed by atoms with van der Waals surface area (Å²) >= 11 is 5.66. The monoisotopic (exact) mass is 481 g/mol. The summed E-state index contributed by atoms with van der Waals surface area (Å²) in [6, 6.07) is 8.49. The molecule has 0 bridgehead atoms. The van der Waals surface area contributed by atoms with E-state index in [1.54, 1.807) is 0 Å². The van der Waals surface area contributed by atoms with Crippen LogP contribution >= 0.6 is 51.7 Å². The van der Waals surface area contributed by atoms with Crippen molar-refractivity contribution in [2.75, 3.05) is 31.1 Å². The summed E-state index contributed by atoms with van der Waals surface area (Å²) in [5, 5.41) is 0. The Morgan fingerprint density at radius 1 is 1.29 bits per heavy atom. The zero-order valence-corrected chi connectivity index (χ0v) is 16.7. The van der Waals surface area contributed by atoms with Gasteiger partial charge in [0.05, 0.1) is 6.54 Å². The lowest BCUT2D eigenvalue weighted by atomic mass is 9.96. The first-order chi connectivity index (χ1) is 9.71. The molecule has 0 radical (unpaired) electrons. The van der Waals surface area contributed by atoms with Gasteiger partial charge in [-0.1, -0.05) is 34.1 Å². The molecular formula is C15H21BrIN3S. The van der Waals surface area contributed by atoms with Crippen LogP contribution in [0.3, 0.4) is 0 Å². The van der Waals surface area contributed by atoms with Gasteiger partial charge in [0.1, 0.15) is 0 Å². The third-order valence-electron chi connectivity index (χ3n) is 4.18. The Morgan fingerprint density at radius 2 is 1.95 bits per heavy atom. The predicted molar refractivity (Wildman–Crippen MR) is 106 cm³/mol. The number of thioether (sulfide) groups is 1. The van der Waals surface area contributed by atoms with Gasteiger partial charge in [-0.05, 0) is 24.5 Å². The molecule has 0 amide bonds. The van der Waals surface area contributed by atoms with Gasteiger partial charge in [-0.2, -0.15) is 11.8 Å². The van der Waals surface area contributed by atoms with Gasteiger partial charge in [-0.25, -0.2) is 0 Å². The molecule has 3 nitrogen and oxygen atoms in total. The van der Waals surface area contributed by atoms with E-state index in [-0.39, 0.29) is 29.4 Å². The highest BCUT2D eigenvalue weighted by Gasteiger charge is 2.45. The molecule has 1 saturated carbocycles. The zero-order chi connectivity index (χ0) is 14.0. The molecule has 3 rings (SSSR count). The number of rotatable bonds is 3. The summed E-state index contributed by atoms with van der Waals surface area (Å²) in [7, 11) is 0. The van der Waals surface area contributed by atoms with Crippen molar-refractivity contribution in [3.8, 4) is 0 Å². The van der Waals surface area contributed by atoms with Crippen LogP contribution in [0.2, 0.25) is 0 Å². The Balaban J connectivity index is 0.00000161. The molecule has 2 fully saturated rings. The number of aliphatic imine (C=N–C) groups is 1. The second-order valence-electron chi connectivity index (χ2n) is 5.53. The second kappa shape index (κ2) is 7.55. The zero-order valence-electron chi connectivity index (χ0n) is 11.9. The summed E-state index contributed by atoms with van der Waals surface area (Å²) in [6.45, 7) is 2.87. The minimum Gasteiger partial charge on any atom is -0.370 e. The van der Waals surface area contributed by atoms with Gasteiger partial charge in [0.25, 0.3) is 0 Å². The van der Waals surface area contributed by atoms with E-state index in [0.29, 0.717) is 0 Å². The first kappa shape index (κ1) is 17.4. The molecule has 0 aromatic heterocycles. The Labute approximate surface area is 156 Å². The van der Waals surface area contributed by atoms with Gasteiger partial charge < -0.3 is 10.6 Å². The fourth-order valence-corrected chi connectivity index (χ4v) is 4.29. The highest BCUT2D eigenvalue weighted by molar-refractivity contribution is 14.0. The molecule has 1 aromatic rings. The molecular weight excluding hydrogens is 461 g/mol. The number of nitrogens with zero attached hydrogens (tertiary/aromatic N) is 2. The number of hydrogen-bond acceptors (Lipinski definition) is 2. The Bertz CT molecular complexity index is 513. The number of nitrogens with two attached hydrogens (primary N) is 1. The third kappa shape index (κ3) is 4.07. The van der Waals surface area contributed by atoms with Gasteiger partial charge in [-0.3, -0.25) is 4.99 Å². The topological polar surface area (TPSA) is 41.6 Å². The van der Waals surface area contributed by atoms with Crippen LogP contribution in [0.25, 0.3) is 0 Å². The third-order valence-corrected chi connectivity index (χ3v) is 5.81. The first-order valence-corrected chi connectivity index (χ1v) is 9.04. The molecule has 1 aliphatic heterocycles. The van der Waals surface area contributed by atoms with E-state index in [4.69, 9.17) is 5.73 Å². The predicted octanol–water partition coefficient (Wildman–Crippen LogP) is 3.46. The second-order valence-corrected chi connectivity index (χ2v) is 7.61. The average Bonchev–Trinajstić information content (AvgIpc) is 3.27. The fraction of sp³-hybridized carbons (Fsp3) is 0.533. The first-order valence-electron chi connectivity index (χ1n) is 7.09. The average molecular weight is 482 g/mol. The van der Waals surface area contributed by atoms with Crippen LogP contribution in [0, 0.1) is 0 Å². The van der Waals surface area contributed by atoms with Crippen molar-refractivity contribution in [2.45, 2.75) is 18.3 Å². The maximum absolute atomic E-state index is 6.15. The van der Waals surface area contributed by atoms with Crippen molar-refractivity contribution in [3.05, 3.63) is 34.3 Å².